The summed E-state index contributed by atoms with van der Waals surface area (Å²) in [7, 11) is 0. The van der Waals surface area contributed by atoms with Crippen molar-refractivity contribution in [3.05, 3.63) is 75.9 Å². The van der Waals surface area contributed by atoms with Gasteiger partial charge in [0.15, 0.2) is 0 Å². The highest BCUT2D eigenvalue weighted by Gasteiger charge is 2.10. The third-order valence-corrected chi connectivity index (χ3v) is 4.33. The number of hydrogen-bond donors (Lipinski definition) is 2. The van der Waals surface area contributed by atoms with Gasteiger partial charge < -0.3 is 11.1 Å². The van der Waals surface area contributed by atoms with Gasteiger partial charge in [0.1, 0.15) is 0 Å². The van der Waals surface area contributed by atoms with Crippen LogP contribution in [0.3, 0.4) is 0 Å². The lowest BCUT2D eigenvalue weighted by atomic mass is 9.96. The quantitative estimate of drug-likeness (QED) is 0.867. The van der Waals surface area contributed by atoms with Crippen LogP contribution in [0.25, 0.3) is 5.57 Å². The third-order valence-electron chi connectivity index (χ3n) is 4.33. The van der Waals surface area contributed by atoms with Gasteiger partial charge in [0, 0.05) is 18.7 Å². The number of allylic oxidation sites excluding steroid dienone is 2. The maximum absolute atomic E-state index is 12.5. The number of benzene rings is 2. The Balaban J connectivity index is 2.15. The minimum absolute atomic E-state index is 0.0593. The fourth-order valence-electron chi connectivity index (χ4n) is 2.59. The molecule has 1 amide bonds. The van der Waals surface area contributed by atoms with E-state index in [0.717, 1.165) is 16.7 Å². The van der Waals surface area contributed by atoms with Crippen LogP contribution in [0.15, 0.2) is 48.0 Å². The Labute approximate surface area is 144 Å². The van der Waals surface area contributed by atoms with Crippen LogP contribution < -0.4 is 11.1 Å². The first-order valence-electron chi connectivity index (χ1n) is 8.23. The van der Waals surface area contributed by atoms with E-state index in [1.807, 2.05) is 42.5 Å². The fourth-order valence-corrected chi connectivity index (χ4v) is 2.59. The van der Waals surface area contributed by atoms with Crippen molar-refractivity contribution in [2.75, 3.05) is 0 Å². The molecule has 0 heterocycles. The van der Waals surface area contributed by atoms with Crippen molar-refractivity contribution in [2.45, 2.75) is 40.8 Å². The third kappa shape index (κ3) is 4.33. The van der Waals surface area contributed by atoms with Gasteiger partial charge in [-0.25, -0.2) is 0 Å². The van der Waals surface area contributed by atoms with Gasteiger partial charge in [-0.05, 0) is 67.7 Å². The molecule has 0 aliphatic rings. The maximum atomic E-state index is 12.5. The largest absolute Gasteiger partial charge is 0.348 e. The van der Waals surface area contributed by atoms with Crippen LogP contribution in [0.1, 0.15) is 53.4 Å². The summed E-state index contributed by atoms with van der Waals surface area (Å²) in [5.74, 6) is -0.0593. The number of nitrogens with two attached hydrogens (primary N) is 1. The molecule has 0 aliphatic carbocycles. The molecule has 2 rings (SSSR count). The standard InChI is InChI=1S/C21H26N2O/c1-14(2)16(4)20-11-19(9-8-15(20)3)21(24)23-13-18-7-5-6-17(10-18)12-22/h5-11H,12-13,22H2,1-4H3,(H,23,24). The molecule has 0 saturated carbocycles. The summed E-state index contributed by atoms with van der Waals surface area (Å²) in [4.78, 5) is 12.5. The molecule has 0 fully saturated rings. The summed E-state index contributed by atoms with van der Waals surface area (Å²) in [5.41, 5.74) is 13.3. The Kier molecular flexibility index (Phi) is 5.93. The lowest BCUT2D eigenvalue weighted by Gasteiger charge is -2.12. The van der Waals surface area contributed by atoms with E-state index in [1.165, 1.54) is 16.7 Å². The zero-order valence-corrected chi connectivity index (χ0v) is 14.9. The highest BCUT2D eigenvalue weighted by atomic mass is 16.1. The Morgan fingerprint density at radius 3 is 2.42 bits per heavy atom. The van der Waals surface area contributed by atoms with E-state index in [2.05, 4.69) is 33.0 Å². The van der Waals surface area contributed by atoms with E-state index in [9.17, 15) is 4.79 Å². The van der Waals surface area contributed by atoms with Crippen LogP contribution in [0, 0.1) is 6.92 Å². The number of carbonyl (C=O) groups is 1. The van der Waals surface area contributed by atoms with Crippen LogP contribution >= 0.6 is 0 Å². The molecule has 3 N–H and O–H groups in total. The van der Waals surface area contributed by atoms with Crippen molar-refractivity contribution in [2.24, 2.45) is 5.73 Å². The monoisotopic (exact) mass is 322 g/mol. The molecule has 0 saturated heterocycles. The second kappa shape index (κ2) is 7.93. The average molecular weight is 322 g/mol. The topological polar surface area (TPSA) is 55.1 Å². The summed E-state index contributed by atoms with van der Waals surface area (Å²) in [5, 5.41) is 2.99. The Bertz CT molecular complexity index is 771. The summed E-state index contributed by atoms with van der Waals surface area (Å²) in [6.45, 7) is 9.35. The van der Waals surface area contributed by atoms with Gasteiger partial charge in [0.2, 0.25) is 0 Å². The van der Waals surface area contributed by atoms with Gasteiger partial charge in [-0.1, -0.05) is 35.9 Å². The van der Waals surface area contributed by atoms with Crippen molar-refractivity contribution in [1.29, 1.82) is 0 Å². The van der Waals surface area contributed by atoms with Crippen LogP contribution in [-0.2, 0) is 13.1 Å². The molecule has 126 valence electrons. The normalized spacial score (nSPS) is 10.4. The first kappa shape index (κ1) is 18.0. The van der Waals surface area contributed by atoms with E-state index in [0.29, 0.717) is 18.7 Å². The van der Waals surface area contributed by atoms with Gasteiger partial charge in [-0.15, -0.1) is 0 Å². The molecule has 0 radical (unpaired) electrons. The van der Waals surface area contributed by atoms with Gasteiger partial charge in [-0.2, -0.15) is 0 Å². The van der Waals surface area contributed by atoms with Crippen molar-refractivity contribution >= 4 is 11.5 Å². The number of rotatable bonds is 5. The molecule has 2 aromatic rings. The molecule has 0 bridgehead atoms. The van der Waals surface area contributed by atoms with Crippen LogP contribution in [-0.4, -0.2) is 5.91 Å². The van der Waals surface area contributed by atoms with Crippen molar-refractivity contribution in [3.8, 4) is 0 Å². The van der Waals surface area contributed by atoms with Gasteiger partial charge >= 0.3 is 0 Å². The fraction of sp³-hybridized carbons (Fsp3) is 0.286. The average Bonchev–Trinajstić information content (AvgIpc) is 2.59. The molecule has 0 spiro atoms. The zero-order valence-electron chi connectivity index (χ0n) is 14.9. The second-order valence-corrected chi connectivity index (χ2v) is 6.36. The summed E-state index contributed by atoms with van der Waals surface area (Å²) in [6.07, 6.45) is 0. The SMILES string of the molecule is CC(C)=C(C)c1cc(C(=O)NCc2cccc(CN)c2)ccc1C. The maximum Gasteiger partial charge on any atom is 0.251 e. The second-order valence-electron chi connectivity index (χ2n) is 6.36. The molecule has 2 aromatic carbocycles. The van der Waals surface area contributed by atoms with E-state index >= 15 is 0 Å². The summed E-state index contributed by atoms with van der Waals surface area (Å²) < 4.78 is 0. The van der Waals surface area contributed by atoms with E-state index in [4.69, 9.17) is 5.73 Å². The van der Waals surface area contributed by atoms with Crippen LogP contribution in [0.5, 0.6) is 0 Å². The molecule has 0 aromatic heterocycles. The Morgan fingerprint density at radius 1 is 1.04 bits per heavy atom. The number of hydrogen-bond acceptors (Lipinski definition) is 2. The van der Waals surface area contributed by atoms with Crippen LogP contribution in [0.4, 0.5) is 0 Å². The van der Waals surface area contributed by atoms with E-state index in [1.54, 1.807) is 0 Å². The highest BCUT2D eigenvalue weighted by Crippen LogP contribution is 2.23. The van der Waals surface area contributed by atoms with Crippen LogP contribution in [0.2, 0.25) is 0 Å². The summed E-state index contributed by atoms with van der Waals surface area (Å²) >= 11 is 0. The molecule has 3 heteroatoms. The zero-order chi connectivity index (χ0) is 17.7. The Hall–Kier alpha value is -2.39. The molecule has 24 heavy (non-hydrogen) atoms. The van der Waals surface area contributed by atoms with Crippen molar-refractivity contribution < 1.29 is 4.79 Å². The summed E-state index contributed by atoms with van der Waals surface area (Å²) in [6, 6.07) is 13.8. The number of amides is 1. The first-order valence-corrected chi connectivity index (χ1v) is 8.23. The number of aryl methyl sites for hydroxylation is 1. The van der Waals surface area contributed by atoms with E-state index in [-0.39, 0.29) is 5.91 Å². The van der Waals surface area contributed by atoms with Crippen molar-refractivity contribution in [3.63, 3.8) is 0 Å². The predicted molar refractivity (Wildman–Crippen MR) is 101 cm³/mol. The molecule has 3 nitrogen and oxygen atoms in total. The lowest BCUT2D eigenvalue weighted by molar-refractivity contribution is 0.0951. The number of carbonyl (C=O) groups excluding carboxylic acids is 1. The molecule has 0 unspecified atom stereocenters. The van der Waals surface area contributed by atoms with Gasteiger partial charge in [-0.3, -0.25) is 4.79 Å². The van der Waals surface area contributed by atoms with E-state index < -0.39 is 0 Å². The first-order chi connectivity index (χ1) is 11.4. The molecule has 0 aliphatic heterocycles. The van der Waals surface area contributed by atoms with Gasteiger partial charge in [0.25, 0.3) is 5.91 Å². The smallest absolute Gasteiger partial charge is 0.251 e. The molecular weight excluding hydrogens is 296 g/mol. The molecule has 0 atom stereocenters. The predicted octanol–water partition coefficient (Wildman–Crippen LogP) is 4.20. The van der Waals surface area contributed by atoms with Crippen molar-refractivity contribution in [1.82, 2.24) is 5.32 Å². The minimum atomic E-state index is -0.0593. The Morgan fingerprint density at radius 2 is 1.75 bits per heavy atom. The number of nitrogens with one attached hydrogen (secondary N) is 1. The molecular formula is C21H26N2O. The highest BCUT2D eigenvalue weighted by molar-refractivity contribution is 5.95. The van der Waals surface area contributed by atoms with Gasteiger partial charge in [0.05, 0.1) is 0 Å². The minimum Gasteiger partial charge on any atom is -0.348 e. The lowest BCUT2D eigenvalue weighted by Crippen LogP contribution is -2.23.